The molecule has 0 aliphatic heterocycles. The van der Waals surface area contributed by atoms with E-state index in [2.05, 4.69) is 35.8 Å². The third kappa shape index (κ3) is 3.94. The highest BCUT2D eigenvalue weighted by atomic mass is 16.5. The van der Waals surface area contributed by atoms with Gasteiger partial charge < -0.3 is 4.74 Å². The molecule has 4 atom stereocenters. The molecule has 1 saturated carbocycles. The predicted molar refractivity (Wildman–Crippen MR) is 102 cm³/mol. The molecule has 3 rings (SSSR count). The zero-order valence-corrected chi connectivity index (χ0v) is 16.8. The maximum absolute atomic E-state index is 5.43. The van der Waals surface area contributed by atoms with Crippen LogP contribution in [0.1, 0.15) is 83.5 Å². The minimum atomic E-state index is 0.137. The topological polar surface area (TPSA) is 39.9 Å². The molecule has 4 heteroatoms. The zero-order chi connectivity index (χ0) is 17.9. The maximum atomic E-state index is 5.43. The standard InChI is InChI=1S/C21H37N3O/c1-5-7-8-14-21(3,13-6-2)24-20-12-10-17-16(18(17)15-25-4)9-11-19(20)22-23-24/h16-18H,5-15H2,1-4H3. The van der Waals surface area contributed by atoms with Crippen LogP contribution in [0, 0.1) is 17.8 Å². The van der Waals surface area contributed by atoms with Gasteiger partial charge in [0.25, 0.3) is 0 Å². The zero-order valence-electron chi connectivity index (χ0n) is 16.8. The molecule has 1 aromatic heterocycles. The minimum absolute atomic E-state index is 0.137. The predicted octanol–water partition coefficient (Wildman–Crippen LogP) is 4.76. The molecule has 1 fully saturated rings. The quantitative estimate of drug-likeness (QED) is 0.605. The summed E-state index contributed by atoms with van der Waals surface area (Å²) in [4.78, 5) is 0. The van der Waals surface area contributed by atoms with Crippen molar-refractivity contribution in [2.24, 2.45) is 17.8 Å². The monoisotopic (exact) mass is 347 g/mol. The van der Waals surface area contributed by atoms with Gasteiger partial charge in [0.2, 0.25) is 0 Å². The summed E-state index contributed by atoms with van der Waals surface area (Å²) in [6.07, 6.45) is 12.3. The number of fused-ring (bicyclic) bond motifs is 2. The Kier molecular flexibility index (Phi) is 6.19. The van der Waals surface area contributed by atoms with Crippen molar-refractivity contribution in [2.75, 3.05) is 13.7 Å². The van der Waals surface area contributed by atoms with Crippen LogP contribution >= 0.6 is 0 Å². The van der Waals surface area contributed by atoms with Crippen LogP contribution in [0.15, 0.2) is 0 Å². The van der Waals surface area contributed by atoms with Gasteiger partial charge in [0.1, 0.15) is 0 Å². The number of unbranched alkanes of at least 4 members (excludes halogenated alkanes) is 2. The van der Waals surface area contributed by atoms with Gasteiger partial charge >= 0.3 is 0 Å². The second-order valence-corrected chi connectivity index (χ2v) is 8.62. The summed E-state index contributed by atoms with van der Waals surface area (Å²) in [6, 6.07) is 0. The minimum Gasteiger partial charge on any atom is -0.384 e. The summed E-state index contributed by atoms with van der Waals surface area (Å²) in [6.45, 7) is 7.93. The number of hydrogen-bond acceptors (Lipinski definition) is 3. The van der Waals surface area contributed by atoms with E-state index in [4.69, 9.17) is 4.74 Å². The first kappa shape index (κ1) is 18.9. The average molecular weight is 348 g/mol. The molecule has 2 aliphatic rings. The molecule has 0 spiro atoms. The summed E-state index contributed by atoms with van der Waals surface area (Å²) >= 11 is 0. The molecule has 2 aliphatic carbocycles. The Morgan fingerprint density at radius 2 is 1.84 bits per heavy atom. The highest BCUT2D eigenvalue weighted by Crippen LogP contribution is 2.53. The first-order valence-electron chi connectivity index (χ1n) is 10.6. The van der Waals surface area contributed by atoms with Crippen LogP contribution in [-0.2, 0) is 23.1 Å². The van der Waals surface area contributed by atoms with Gasteiger partial charge in [-0.05, 0) is 63.2 Å². The van der Waals surface area contributed by atoms with Gasteiger partial charge in [0.15, 0.2) is 0 Å². The van der Waals surface area contributed by atoms with E-state index in [1.165, 1.54) is 62.8 Å². The summed E-state index contributed by atoms with van der Waals surface area (Å²) < 4.78 is 7.77. The molecule has 25 heavy (non-hydrogen) atoms. The molecule has 4 nitrogen and oxygen atoms in total. The first-order valence-corrected chi connectivity index (χ1v) is 10.6. The van der Waals surface area contributed by atoms with Crippen molar-refractivity contribution in [3.8, 4) is 0 Å². The van der Waals surface area contributed by atoms with Gasteiger partial charge in [0.05, 0.1) is 16.9 Å². The molecule has 0 aromatic carbocycles. The first-order chi connectivity index (χ1) is 12.1. The normalized spacial score (nSPS) is 27.8. The van der Waals surface area contributed by atoms with E-state index in [-0.39, 0.29) is 5.54 Å². The van der Waals surface area contributed by atoms with Crippen LogP contribution in [0.5, 0.6) is 0 Å². The fourth-order valence-electron chi connectivity index (χ4n) is 5.27. The lowest BCUT2D eigenvalue weighted by Gasteiger charge is -2.31. The fraction of sp³-hybridized carbons (Fsp3) is 0.905. The molecule has 0 radical (unpaired) electrons. The van der Waals surface area contributed by atoms with Crippen molar-refractivity contribution in [3.63, 3.8) is 0 Å². The molecule has 142 valence electrons. The highest BCUT2D eigenvalue weighted by Gasteiger charge is 2.49. The number of hydrogen-bond donors (Lipinski definition) is 0. The van der Waals surface area contributed by atoms with Crippen LogP contribution in [0.2, 0.25) is 0 Å². The Morgan fingerprint density at radius 3 is 2.52 bits per heavy atom. The number of rotatable bonds is 9. The number of aryl methyl sites for hydroxylation is 1. The Labute approximate surface area is 153 Å². The average Bonchev–Trinajstić information content (AvgIpc) is 3.04. The Hall–Kier alpha value is -0.900. The molecule has 4 unspecified atom stereocenters. The fourth-order valence-corrected chi connectivity index (χ4v) is 5.27. The van der Waals surface area contributed by atoms with Crippen LogP contribution in [0.25, 0.3) is 0 Å². The van der Waals surface area contributed by atoms with Crippen molar-refractivity contribution in [1.29, 1.82) is 0 Å². The SMILES string of the molecule is CCCCCC(C)(CCC)n1nnc2c1CCC1C(CC2)C1COC. The van der Waals surface area contributed by atoms with E-state index in [1.807, 2.05) is 7.11 Å². The van der Waals surface area contributed by atoms with Crippen LogP contribution < -0.4 is 0 Å². The van der Waals surface area contributed by atoms with E-state index in [0.29, 0.717) is 0 Å². The van der Waals surface area contributed by atoms with Gasteiger partial charge in [-0.25, -0.2) is 4.68 Å². The molecule has 1 heterocycles. The van der Waals surface area contributed by atoms with E-state index in [9.17, 15) is 0 Å². The van der Waals surface area contributed by atoms with Gasteiger partial charge in [0, 0.05) is 13.7 Å². The van der Waals surface area contributed by atoms with Crippen LogP contribution in [0.3, 0.4) is 0 Å². The smallest absolute Gasteiger partial charge is 0.0859 e. The molecule has 0 amide bonds. The van der Waals surface area contributed by atoms with Crippen molar-refractivity contribution < 1.29 is 4.74 Å². The molecule has 0 bridgehead atoms. The second kappa shape index (κ2) is 8.20. The summed E-state index contributed by atoms with van der Waals surface area (Å²) in [5.74, 6) is 2.53. The molecule has 0 saturated heterocycles. The lowest BCUT2D eigenvalue weighted by Crippen LogP contribution is -2.33. The Morgan fingerprint density at radius 1 is 1.08 bits per heavy atom. The molecular weight excluding hydrogens is 310 g/mol. The third-order valence-corrected chi connectivity index (χ3v) is 6.76. The van der Waals surface area contributed by atoms with Crippen LogP contribution in [0.4, 0.5) is 0 Å². The van der Waals surface area contributed by atoms with Gasteiger partial charge in [-0.3, -0.25) is 0 Å². The molecular formula is C21H37N3O. The molecule has 0 N–H and O–H groups in total. The lowest BCUT2D eigenvalue weighted by molar-refractivity contribution is 0.176. The second-order valence-electron chi connectivity index (χ2n) is 8.62. The van der Waals surface area contributed by atoms with E-state index in [1.54, 1.807) is 0 Å². The van der Waals surface area contributed by atoms with Crippen molar-refractivity contribution in [1.82, 2.24) is 15.0 Å². The Balaban J connectivity index is 1.76. The van der Waals surface area contributed by atoms with Gasteiger partial charge in [-0.1, -0.05) is 44.7 Å². The van der Waals surface area contributed by atoms with Gasteiger partial charge in [-0.2, -0.15) is 0 Å². The van der Waals surface area contributed by atoms with Crippen molar-refractivity contribution in [2.45, 2.75) is 90.5 Å². The third-order valence-electron chi connectivity index (χ3n) is 6.76. The van der Waals surface area contributed by atoms with E-state index >= 15 is 0 Å². The number of ether oxygens (including phenoxy) is 1. The van der Waals surface area contributed by atoms with Gasteiger partial charge in [-0.15, -0.1) is 5.10 Å². The number of methoxy groups -OCH3 is 1. The highest BCUT2D eigenvalue weighted by molar-refractivity contribution is 5.17. The summed E-state index contributed by atoms with van der Waals surface area (Å²) in [7, 11) is 1.84. The summed E-state index contributed by atoms with van der Waals surface area (Å²) in [5.41, 5.74) is 2.85. The van der Waals surface area contributed by atoms with Crippen molar-refractivity contribution in [3.05, 3.63) is 11.4 Å². The maximum Gasteiger partial charge on any atom is 0.0859 e. The van der Waals surface area contributed by atoms with Crippen LogP contribution in [-0.4, -0.2) is 28.7 Å². The van der Waals surface area contributed by atoms with E-state index in [0.717, 1.165) is 37.2 Å². The van der Waals surface area contributed by atoms with E-state index < -0.39 is 0 Å². The molecule has 1 aromatic rings. The summed E-state index contributed by atoms with van der Waals surface area (Å²) in [5, 5.41) is 9.33. The lowest BCUT2D eigenvalue weighted by atomic mass is 9.88. The van der Waals surface area contributed by atoms with Crippen molar-refractivity contribution >= 4 is 0 Å². The Bertz CT molecular complexity index is 555. The number of nitrogens with zero attached hydrogens (tertiary/aromatic N) is 3. The largest absolute Gasteiger partial charge is 0.384 e. The number of aromatic nitrogens is 3.